The van der Waals surface area contributed by atoms with Gasteiger partial charge in [0.2, 0.25) is 0 Å². The molecule has 0 spiro atoms. The number of carboxylic acid groups (broad SMARTS) is 1. The van der Waals surface area contributed by atoms with Crippen LogP contribution in [0.1, 0.15) is 33.9 Å². The number of rotatable bonds is 3. The molecule has 1 aliphatic heterocycles. The van der Waals surface area contributed by atoms with Gasteiger partial charge in [-0.15, -0.1) is 0 Å². The molecule has 9 heteroatoms. The molecule has 2 amide bonds. The summed E-state index contributed by atoms with van der Waals surface area (Å²) >= 11 is 0. The van der Waals surface area contributed by atoms with E-state index in [1.807, 2.05) is 0 Å². The van der Waals surface area contributed by atoms with E-state index in [-0.39, 0.29) is 23.6 Å². The first-order valence-electron chi connectivity index (χ1n) is 8.38. The summed E-state index contributed by atoms with van der Waals surface area (Å²) in [5, 5.41) is 11.7. The first kappa shape index (κ1) is 19.5. The number of carbonyl (C=O) groups is 2. The van der Waals surface area contributed by atoms with E-state index < -0.39 is 29.8 Å². The highest BCUT2D eigenvalue weighted by atomic mass is 19.4. The molecule has 2 N–H and O–H groups in total. The number of halogens is 3. The Morgan fingerprint density at radius 2 is 1.93 bits per heavy atom. The summed E-state index contributed by atoms with van der Waals surface area (Å²) in [5.41, 5.74) is -0.224. The Labute approximate surface area is 158 Å². The standard InChI is InChI=1S/C19H17F3N2O4/c1-24(18(26)27)15-8-9-28-16-13(15)6-3-7-14(16)17(25)23-12-5-2-4-11(10-12)19(20,21)22/h2-7,10,15H,8-9H2,1H3,(H,23,25)(H,26,27). The van der Waals surface area contributed by atoms with Crippen molar-refractivity contribution in [2.24, 2.45) is 0 Å². The minimum Gasteiger partial charge on any atom is -0.492 e. The van der Waals surface area contributed by atoms with Crippen LogP contribution in [0.25, 0.3) is 0 Å². The highest BCUT2D eigenvalue weighted by Gasteiger charge is 2.32. The van der Waals surface area contributed by atoms with Gasteiger partial charge < -0.3 is 20.1 Å². The lowest BCUT2D eigenvalue weighted by molar-refractivity contribution is -0.137. The Bertz CT molecular complexity index is 914. The quantitative estimate of drug-likeness (QED) is 0.809. The number of amides is 2. The van der Waals surface area contributed by atoms with Gasteiger partial charge in [0.25, 0.3) is 5.91 Å². The summed E-state index contributed by atoms with van der Waals surface area (Å²) in [6, 6.07) is 8.55. The number of nitrogens with one attached hydrogen (secondary N) is 1. The molecule has 0 saturated carbocycles. The lowest BCUT2D eigenvalue weighted by atomic mass is 9.96. The van der Waals surface area contributed by atoms with Crippen LogP contribution in [0.5, 0.6) is 5.75 Å². The molecule has 0 aliphatic carbocycles. The van der Waals surface area contributed by atoms with E-state index in [1.165, 1.54) is 25.2 Å². The van der Waals surface area contributed by atoms with Gasteiger partial charge >= 0.3 is 12.3 Å². The van der Waals surface area contributed by atoms with E-state index in [1.54, 1.807) is 12.1 Å². The second-order valence-electron chi connectivity index (χ2n) is 6.30. The summed E-state index contributed by atoms with van der Waals surface area (Å²) in [6.07, 6.45) is -5.21. The number of ether oxygens (including phenoxy) is 1. The van der Waals surface area contributed by atoms with E-state index in [9.17, 15) is 27.9 Å². The van der Waals surface area contributed by atoms with Crippen LogP contribution in [0.3, 0.4) is 0 Å². The number of alkyl halides is 3. The zero-order valence-electron chi connectivity index (χ0n) is 14.8. The Balaban J connectivity index is 1.90. The van der Waals surface area contributed by atoms with Gasteiger partial charge in [-0.25, -0.2) is 4.79 Å². The molecule has 6 nitrogen and oxygen atoms in total. The Morgan fingerprint density at radius 1 is 1.21 bits per heavy atom. The van der Waals surface area contributed by atoms with E-state index in [0.717, 1.165) is 17.0 Å². The Kier molecular flexibility index (Phi) is 5.17. The van der Waals surface area contributed by atoms with Gasteiger partial charge in [0, 0.05) is 24.7 Å². The van der Waals surface area contributed by atoms with Crippen LogP contribution in [0.4, 0.5) is 23.7 Å². The normalized spacial score (nSPS) is 15.9. The first-order chi connectivity index (χ1) is 13.2. The summed E-state index contributed by atoms with van der Waals surface area (Å²) in [7, 11) is 1.43. The van der Waals surface area contributed by atoms with E-state index >= 15 is 0 Å². The molecule has 0 fully saturated rings. The Hall–Kier alpha value is -3.23. The molecule has 1 aliphatic rings. The molecular formula is C19H17F3N2O4. The molecule has 0 radical (unpaired) electrons. The van der Waals surface area contributed by atoms with Crippen molar-refractivity contribution in [2.45, 2.75) is 18.6 Å². The molecule has 148 valence electrons. The highest BCUT2D eigenvalue weighted by Crippen LogP contribution is 2.38. The molecule has 3 rings (SSSR count). The average Bonchev–Trinajstić information content (AvgIpc) is 2.65. The maximum Gasteiger partial charge on any atom is 0.416 e. The molecule has 2 aromatic rings. The van der Waals surface area contributed by atoms with Gasteiger partial charge in [-0.05, 0) is 24.3 Å². The fourth-order valence-corrected chi connectivity index (χ4v) is 3.09. The zero-order chi connectivity index (χ0) is 20.5. The monoisotopic (exact) mass is 394 g/mol. The zero-order valence-corrected chi connectivity index (χ0v) is 14.8. The van der Waals surface area contributed by atoms with Crippen molar-refractivity contribution in [1.29, 1.82) is 0 Å². The van der Waals surface area contributed by atoms with Crippen LogP contribution < -0.4 is 10.1 Å². The number of fused-ring (bicyclic) bond motifs is 1. The van der Waals surface area contributed by atoms with Crippen molar-refractivity contribution < 1.29 is 32.6 Å². The molecule has 0 bridgehead atoms. The summed E-state index contributed by atoms with van der Waals surface area (Å²) < 4.78 is 44.1. The molecular weight excluding hydrogens is 377 g/mol. The topological polar surface area (TPSA) is 78.9 Å². The highest BCUT2D eigenvalue weighted by molar-refractivity contribution is 6.06. The minimum atomic E-state index is -4.52. The number of hydrogen-bond donors (Lipinski definition) is 2. The fraction of sp³-hybridized carbons (Fsp3) is 0.263. The van der Waals surface area contributed by atoms with E-state index in [4.69, 9.17) is 4.74 Å². The molecule has 2 aromatic carbocycles. The van der Waals surface area contributed by atoms with Crippen LogP contribution >= 0.6 is 0 Å². The molecule has 0 saturated heterocycles. The van der Waals surface area contributed by atoms with Crippen molar-refractivity contribution in [3.63, 3.8) is 0 Å². The number of hydrogen-bond acceptors (Lipinski definition) is 3. The SMILES string of the molecule is CN(C(=O)O)C1CCOc2c(C(=O)Nc3cccc(C(F)(F)F)c3)cccc21. The predicted octanol–water partition coefficient (Wildman–Crippen LogP) is 4.39. The van der Waals surface area contributed by atoms with Gasteiger partial charge in [0.1, 0.15) is 5.75 Å². The smallest absolute Gasteiger partial charge is 0.416 e. The maximum absolute atomic E-state index is 12.9. The number of anilines is 1. The molecule has 0 aromatic heterocycles. The number of benzene rings is 2. The van der Waals surface area contributed by atoms with Crippen LogP contribution in [0.15, 0.2) is 42.5 Å². The molecule has 1 unspecified atom stereocenters. The van der Waals surface area contributed by atoms with Crippen LogP contribution in [-0.4, -0.2) is 35.7 Å². The van der Waals surface area contributed by atoms with Crippen molar-refractivity contribution in [3.8, 4) is 5.75 Å². The number of para-hydroxylation sites is 1. The lowest BCUT2D eigenvalue weighted by Gasteiger charge is -2.32. The second kappa shape index (κ2) is 7.41. The van der Waals surface area contributed by atoms with E-state index in [0.29, 0.717) is 12.0 Å². The van der Waals surface area contributed by atoms with Crippen LogP contribution in [-0.2, 0) is 6.18 Å². The third kappa shape index (κ3) is 3.88. The number of nitrogens with zero attached hydrogens (tertiary/aromatic N) is 1. The van der Waals surface area contributed by atoms with Crippen molar-refractivity contribution >= 4 is 17.7 Å². The van der Waals surface area contributed by atoms with Crippen molar-refractivity contribution in [2.75, 3.05) is 19.0 Å². The summed E-state index contributed by atoms with van der Waals surface area (Å²) in [6.45, 7) is 0.211. The first-order valence-corrected chi connectivity index (χ1v) is 8.38. The van der Waals surface area contributed by atoms with Crippen LogP contribution in [0, 0.1) is 0 Å². The summed E-state index contributed by atoms with van der Waals surface area (Å²) in [4.78, 5) is 25.1. The lowest BCUT2D eigenvalue weighted by Crippen LogP contribution is -2.33. The maximum atomic E-state index is 12.9. The largest absolute Gasteiger partial charge is 0.492 e. The van der Waals surface area contributed by atoms with Crippen LogP contribution in [0.2, 0.25) is 0 Å². The van der Waals surface area contributed by atoms with Gasteiger partial charge in [0.05, 0.1) is 23.8 Å². The number of carbonyl (C=O) groups excluding carboxylic acids is 1. The van der Waals surface area contributed by atoms with Crippen molar-refractivity contribution in [1.82, 2.24) is 4.90 Å². The fourth-order valence-electron chi connectivity index (χ4n) is 3.09. The predicted molar refractivity (Wildman–Crippen MR) is 94.5 cm³/mol. The van der Waals surface area contributed by atoms with Gasteiger partial charge in [-0.2, -0.15) is 13.2 Å². The van der Waals surface area contributed by atoms with Gasteiger partial charge in [-0.3, -0.25) is 4.79 Å². The minimum absolute atomic E-state index is 0.00700. The molecule has 1 atom stereocenters. The molecule has 28 heavy (non-hydrogen) atoms. The third-order valence-electron chi connectivity index (χ3n) is 4.50. The van der Waals surface area contributed by atoms with Crippen molar-refractivity contribution in [3.05, 3.63) is 59.2 Å². The third-order valence-corrected chi connectivity index (χ3v) is 4.50. The Morgan fingerprint density at radius 3 is 2.61 bits per heavy atom. The van der Waals surface area contributed by atoms with Gasteiger partial charge in [-0.1, -0.05) is 18.2 Å². The van der Waals surface area contributed by atoms with Gasteiger partial charge in [0.15, 0.2) is 0 Å². The molecule has 1 heterocycles. The second-order valence-corrected chi connectivity index (χ2v) is 6.30. The summed E-state index contributed by atoms with van der Waals surface area (Å²) in [5.74, 6) is -0.411. The van der Waals surface area contributed by atoms with E-state index in [2.05, 4.69) is 5.32 Å². The average molecular weight is 394 g/mol.